The molecule has 5 nitrogen and oxygen atoms in total. The third kappa shape index (κ3) is 3.24. The van der Waals surface area contributed by atoms with Gasteiger partial charge in [0.25, 0.3) is 0 Å². The van der Waals surface area contributed by atoms with Gasteiger partial charge in [0.05, 0.1) is 0 Å². The van der Waals surface area contributed by atoms with E-state index in [1.54, 1.807) is 12.1 Å². The molecular weight excluding hydrogens is 266 g/mol. The maximum absolute atomic E-state index is 9.29. The van der Waals surface area contributed by atoms with Crippen LogP contribution in [0, 0.1) is 5.92 Å². The quantitative estimate of drug-likeness (QED) is 0.902. The molecule has 3 rings (SSSR count). The zero-order valence-electron chi connectivity index (χ0n) is 12.0. The molecule has 1 aromatic carbocycles. The number of nitrogens with two attached hydrogens (primary N) is 1. The van der Waals surface area contributed by atoms with Crippen molar-refractivity contribution >= 4 is 0 Å². The molecule has 0 spiro atoms. The molecule has 1 heterocycles. The molecule has 0 bridgehead atoms. The number of nitrogens with zero attached hydrogens (tertiary/aromatic N) is 2. The van der Waals surface area contributed by atoms with Crippen LogP contribution in [0.1, 0.15) is 48.9 Å². The van der Waals surface area contributed by atoms with E-state index in [1.165, 1.54) is 12.8 Å². The molecular formula is C16H21N3O2. The summed E-state index contributed by atoms with van der Waals surface area (Å²) in [6.07, 6.45) is 5.30. The predicted molar refractivity (Wildman–Crippen MR) is 79.0 cm³/mol. The lowest BCUT2D eigenvalue weighted by molar-refractivity contribution is 0.249. The minimum atomic E-state index is 0.264. The monoisotopic (exact) mass is 287 g/mol. The molecule has 5 heteroatoms. The first kappa shape index (κ1) is 14.1. The number of phenolic OH excluding ortho intramolecular Hbond substituents is 1. The van der Waals surface area contributed by atoms with Crippen LogP contribution in [0.15, 0.2) is 28.8 Å². The van der Waals surface area contributed by atoms with E-state index in [4.69, 9.17) is 10.3 Å². The number of hydrogen-bond donors (Lipinski definition) is 2. The molecule has 1 aliphatic rings. The van der Waals surface area contributed by atoms with Gasteiger partial charge in [-0.2, -0.15) is 4.98 Å². The summed E-state index contributed by atoms with van der Waals surface area (Å²) in [6, 6.07) is 7.08. The van der Waals surface area contributed by atoms with E-state index >= 15 is 0 Å². The predicted octanol–water partition coefficient (Wildman–Crippen LogP) is 2.60. The Morgan fingerprint density at radius 1 is 1.19 bits per heavy atom. The molecule has 2 aromatic rings. The summed E-state index contributed by atoms with van der Waals surface area (Å²) in [5.74, 6) is 2.46. The first-order valence-corrected chi connectivity index (χ1v) is 7.56. The molecule has 21 heavy (non-hydrogen) atoms. The Kier molecular flexibility index (Phi) is 4.20. The highest BCUT2D eigenvalue weighted by atomic mass is 16.5. The first-order valence-electron chi connectivity index (χ1n) is 7.56. The van der Waals surface area contributed by atoms with E-state index in [2.05, 4.69) is 10.1 Å². The smallest absolute Gasteiger partial charge is 0.230 e. The Labute approximate surface area is 124 Å². The highest BCUT2D eigenvalue weighted by molar-refractivity contribution is 5.27. The Hall–Kier alpha value is -1.88. The Bertz CT molecular complexity index is 579. The van der Waals surface area contributed by atoms with E-state index < -0.39 is 0 Å². The second-order valence-electron chi connectivity index (χ2n) is 5.78. The van der Waals surface area contributed by atoms with Crippen LogP contribution in [0.2, 0.25) is 0 Å². The van der Waals surface area contributed by atoms with E-state index in [0.29, 0.717) is 30.6 Å². The molecule has 3 N–H and O–H groups in total. The second-order valence-corrected chi connectivity index (χ2v) is 5.78. The van der Waals surface area contributed by atoms with Crippen LogP contribution in [-0.4, -0.2) is 21.8 Å². The van der Waals surface area contributed by atoms with Crippen LogP contribution in [0.25, 0.3) is 0 Å². The van der Waals surface area contributed by atoms with Crippen molar-refractivity contribution in [3.8, 4) is 5.75 Å². The van der Waals surface area contributed by atoms with Gasteiger partial charge in [-0.1, -0.05) is 30.1 Å². The fourth-order valence-corrected chi connectivity index (χ4v) is 3.10. The lowest BCUT2D eigenvalue weighted by Gasteiger charge is -2.27. The summed E-state index contributed by atoms with van der Waals surface area (Å²) in [6.45, 7) is 0.681. The van der Waals surface area contributed by atoms with Gasteiger partial charge in [-0.25, -0.2) is 0 Å². The van der Waals surface area contributed by atoms with Gasteiger partial charge in [0.1, 0.15) is 5.75 Å². The fourth-order valence-electron chi connectivity index (χ4n) is 3.10. The number of benzene rings is 1. The minimum absolute atomic E-state index is 0.264. The third-order valence-electron chi connectivity index (χ3n) is 4.31. The van der Waals surface area contributed by atoms with E-state index in [-0.39, 0.29) is 5.75 Å². The Balaban J connectivity index is 1.72. The van der Waals surface area contributed by atoms with Crippen LogP contribution < -0.4 is 5.73 Å². The zero-order valence-corrected chi connectivity index (χ0v) is 12.0. The van der Waals surface area contributed by atoms with E-state index in [9.17, 15) is 5.11 Å². The van der Waals surface area contributed by atoms with E-state index in [0.717, 1.165) is 24.3 Å². The summed E-state index contributed by atoms with van der Waals surface area (Å²) < 4.78 is 5.47. The molecule has 0 aliphatic heterocycles. The van der Waals surface area contributed by atoms with Gasteiger partial charge >= 0.3 is 0 Å². The summed E-state index contributed by atoms with van der Waals surface area (Å²) in [5.41, 5.74) is 6.92. The SMILES string of the molecule is NCC1CCCCC1c1nc(Cc2ccc(O)cc2)no1. The number of rotatable bonds is 4. The largest absolute Gasteiger partial charge is 0.508 e. The Morgan fingerprint density at radius 2 is 1.95 bits per heavy atom. The lowest BCUT2D eigenvalue weighted by atomic mass is 9.79. The molecule has 0 saturated heterocycles. The Morgan fingerprint density at radius 3 is 2.71 bits per heavy atom. The van der Waals surface area contributed by atoms with Crippen molar-refractivity contribution in [2.45, 2.75) is 38.0 Å². The van der Waals surface area contributed by atoms with Gasteiger partial charge < -0.3 is 15.4 Å². The summed E-state index contributed by atoms with van der Waals surface area (Å²) >= 11 is 0. The number of hydrogen-bond acceptors (Lipinski definition) is 5. The molecule has 1 aromatic heterocycles. The van der Waals surface area contributed by atoms with Crippen molar-refractivity contribution in [1.82, 2.24) is 10.1 Å². The average molecular weight is 287 g/mol. The summed E-state index contributed by atoms with van der Waals surface area (Å²) in [5, 5.41) is 13.4. The molecule has 1 fully saturated rings. The zero-order chi connectivity index (χ0) is 14.7. The molecule has 2 atom stereocenters. The van der Waals surface area contributed by atoms with Crippen molar-refractivity contribution in [3.63, 3.8) is 0 Å². The lowest BCUT2D eigenvalue weighted by Crippen LogP contribution is -2.25. The molecule has 1 saturated carbocycles. The topological polar surface area (TPSA) is 85.2 Å². The van der Waals surface area contributed by atoms with E-state index in [1.807, 2.05) is 12.1 Å². The standard InChI is InChI=1S/C16H21N3O2/c17-10-12-3-1-2-4-14(12)16-18-15(19-21-16)9-11-5-7-13(20)8-6-11/h5-8,12,14,20H,1-4,9-10,17H2. The van der Waals surface area contributed by atoms with Crippen molar-refractivity contribution in [3.05, 3.63) is 41.5 Å². The van der Waals surface area contributed by atoms with Crippen molar-refractivity contribution in [1.29, 1.82) is 0 Å². The highest BCUT2D eigenvalue weighted by Gasteiger charge is 2.29. The molecule has 0 radical (unpaired) electrons. The van der Waals surface area contributed by atoms with Gasteiger partial charge in [0, 0.05) is 12.3 Å². The molecule has 2 unspecified atom stereocenters. The van der Waals surface area contributed by atoms with Gasteiger partial charge in [-0.05, 0) is 43.0 Å². The van der Waals surface area contributed by atoms with Crippen molar-refractivity contribution in [2.75, 3.05) is 6.54 Å². The minimum Gasteiger partial charge on any atom is -0.508 e. The molecule has 1 aliphatic carbocycles. The second kappa shape index (κ2) is 6.26. The molecule has 0 amide bonds. The first-order chi connectivity index (χ1) is 10.3. The summed E-state index contributed by atoms with van der Waals surface area (Å²) in [4.78, 5) is 4.55. The number of phenols is 1. The van der Waals surface area contributed by atoms with Gasteiger partial charge in [-0.15, -0.1) is 0 Å². The normalized spacial score (nSPS) is 22.3. The van der Waals surface area contributed by atoms with Crippen LogP contribution in [0.5, 0.6) is 5.75 Å². The van der Waals surface area contributed by atoms with Gasteiger partial charge in [-0.3, -0.25) is 0 Å². The average Bonchev–Trinajstić information content (AvgIpc) is 2.98. The van der Waals surface area contributed by atoms with Gasteiger partial charge in [0.2, 0.25) is 5.89 Å². The van der Waals surface area contributed by atoms with Crippen LogP contribution >= 0.6 is 0 Å². The number of aromatic nitrogens is 2. The fraction of sp³-hybridized carbons (Fsp3) is 0.500. The number of aromatic hydroxyl groups is 1. The van der Waals surface area contributed by atoms with Crippen molar-refractivity contribution in [2.24, 2.45) is 11.7 Å². The highest BCUT2D eigenvalue weighted by Crippen LogP contribution is 2.36. The maximum Gasteiger partial charge on any atom is 0.230 e. The van der Waals surface area contributed by atoms with Gasteiger partial charge in [0.15, 0.2) is 5.82 Å². The van der Waals surface area contributed by atoms with Crippen molar-refractivity contribution < 1.29 is 9.63 Å². The van der Waals surface area contributed by atoms with Crippen LogP contribution in [0.4, 0.5) is 0 Å². The van der Waals surface area contributed by atoms with Crippen LogP contribution in [0.3, 0.4) is 0 Å². The maximum atomic E-state index is 9.29. The summed E-state index contributed by atoms with van der Waals surface area (Å²) in [7, 11) is 0. The third-order valence-corrected chi connectivity index (χ3v) is 4.31. The molecule has 112 valence electrons. The van der Waals surface area contributed by atoms with Crippen LogP contribution in [-0.2, 0) is 6.42 Å².